The molecule has 2 N–H and O–H groups in total. The summed E-state index contributed by atoms with van der Waals surface area (Å²) in [5, 5.41) is 6.95. The number of benzene rings is 4. The smallest absolute Gasteiger partial charge is 0.335 e. The summed E-state index contributed by atoms with van der Waals surface area (Å²) in [5.41, 5.74) is 8.13. The van der Waals surface area contributed by atoms with Gasteiger partial charge in [-0.25, -0.2) is 4.39 Å². The van der Waals surface area contributed by atoms with Crippen molar-refractivity contribution in [3.63, 3.8) is 0 Å². The molecule has 4 aromatic rings. The van der Waals surface area contributed by atoms with E-state index in [0.717, 1.165) is 51.1 Å². The van der Waals surface area contributed by atoms with Crippen molar-refractivity contribution in [1.29, 1.82) is 0 Å². The fourth-order valence-electron chi connectivity index (χ4n) is 6.00. The van der Waals surface area contributed by atoms with E-state index in [9.17, 15) is 14.0 Å². The largest absolute Gasteiger partial charge is 0.385 e. The lowest BCUT2D eigenvalue weighted by atomic mass is 9.88. The maximum absolute atomic E-state index is 13.7. The average Bonchev–Trinajstić information content (AvgIpc) is 3.57. The van der Waals surface area contributed by atoms with Crippen LogP contribution in [0, 0.1) is 12.7 Å². The highest BCUT2D eigenvalue weighted by Gasteiger charge is 2.28. The summed E-state index contributed by atoms with van der Waals surface area (Å²) in [6, 6.07) is 25.8. The number of halogens is 2. The number of amides is 2. The SMILES string of the molecule is CCNc1cc(C)c(/C(C(=O)NC)=C(\C)c2ccc(F)cc2)cc1-c1cccc(C(=O)N2CCC(c3cccc(Cl)c3)C2)c1.O=S=O. The van der Waals surface area contributed by atoms with Crippen LogP contribution in [-0.4, -0.2) is 51.8 Å². The average molecular weight is 674 g/mol. The van der Waals surface area contributed by atoms with Crippen LogP contribution >= 0.6 is 11.6 Å². The number of likely N-dealkylation sites (tertiary alicyclic amines) is 1. The van der Waals surface area contributed by atoms with Gasteiger partial charge in [-0.3, -0.25) is 9.59 Å². The topological polar surface area (TPSA) is 95.6 Å². The number of hydrogen-bond donors (Lipinski definition) is 2. The van der Waals surface area contributed by atoms with Crippen molar-refractivity contribution in [1.82, 2.24) is 10.2 Å². The van der Waals surface area contributed by atoms with Crippen LogP contribution in [0.5, 0.6) is 0 Å². The number of hydrogen-bond acceptors (Lipinski definition) is 5. The van der Waals surface area contributed by atoms with Gasteiger partial charge in [0, 0.05) is 54.4 Å². The first-order valence-corrected chi connectivity index (χ1v) is 16.3. The summed E-state index contributed by atoms with van der Waals surface area (Å²) in [7, 11) is 1.61. The molecule has 1 unspecified atom stereocenters. The number of aryl methyl sites for hydroxylation is 1. The van der Waals surface area contributed by atoms with E-state index in [0.29, 0.717) is 35.8 Å². The molecule has 1 fully saturated rings. The Hall–Kier alpha value is -4.60. The number of likely N-dealkylation sites (N-methyl/N-ethyl adjacent to an activating group) is 1. The Labute approximate surface area is 283 Å². The maximum Gasteiger partial charge on any atom is 0.335 e. The number of anilines is 1. The lowest BCUT2D eigenvalue weighted by molar-refractivity contribution is -0.115. The minimum absolute atomic E-state index is 0.00758. The quantitative estimate of drug-likeness (QED) is 0.149. The molecule has 0 aromatic heterocycles. The van der Waals surface area contributed by atoms with E-state index in [1.54, 1.807) is 19.2 Å². The highest BCUT2D eigenvalue weighted by atomic mass is 35.5. The van der Waals surface area contributed by atoms with Gasteiger partial charge in [-0.15, -0.1) is 0 Å². The minimum Gasteiger partial charge on any atom is -0.385 e. The molecule has 7 nitrogen and oxygen atoms in total. The molecule has 244 valence electrons. The van der Waals surface area contributed by atoms with Gasteiger partial charge in [0.15, 0.2) is 0 Å². The molecule has 1 atom stereocenters. The number of nitrogens with zero attached hydrogens (tertiary/aromatic N) is 1. The normalized spacial score (nSPS) is 14.4. The van der Waals surface area contributed by atoms with Crippen LogP contribution in [0.3, 0.4) is 0 Å². The van der Waals surface area contributed by atoms with Crippen LogP contribution in [-0.2, 0) is 16.4 Å². The number of nitrogens with one attached hydrogen (secondary N) is 2. The zero-order valence-corrected chi connectivity index (χ0v) is 28.3. The predicted molar refractivity (Wildman–Crippen MR) is 187 cm³/mol. The highest BCUT2D eigenvalue weighted by molar-refractivity contribution is 7.51. The van der Waals surface area contributed by atoms with Gasteiger partial charge in [0.2, 0.25) is 0 Å². The summed E-state index contributed by atoms with van der Waals surface area (Å²) in [5.74, 6) is -0.323. The van der Waals surface area contributed by atoms with Gasteiger partial charge in [0.25, 0.3) is 11.8 Å². The molecule has 0 bridgehead atoms. The Balaban J connectivity index is 0.00000160. The second-order valence-electron chi connectivity index (χ2n) is 11.3. The van der Waals surface area contributed by atoms with Crippen molar-refractivity contribution >= 4 is 51.8 Å². The van der Waals surface area contributed by atoms with Gasteiger partial charge in [0.05, 0.1) is 5.57 Å². The van der Waals surface area contributed by atoms with E-state index in [-0.39, 0.29) is 23.5 Å². The Bertz CT molecular complexity index is 1840. The lowest BCUT2D eigenvalue weighted by Gasteiger charge is -2.20. The fourth-order valence-corrected chi connectivity index (χ4v) is 6.20. The third kappa shape index (κ3) is 8.41. The number of carbonyl (C=O) groups is 2. The van der Waals surface area contributed by atoms with E-state index in [4.69, 9.17) is 20.0 Å². The molecule has 4 aromatic carbocycles. The minimum atomic E-state index is -0.750. The van der Waals surface area contributed by atoms with Gasteiger partial charge in [-0.05, 0) is 109 Å². The third-order valence-electron chi connectivity index (χ3n) is 8.32. The molecule has 1 aliphatic rings. The molecular formula is C37H37ClFN3O4S. The molecule has 0 saturated carbocycles. The maximum atomic E-state index is 13.7. The summed E-state index contributed by atoms with van der Waals surface area (Å²) >= 11 is 5.47. The Morgan fingerprint density at radius 1 is 0.979 bits per heavy atom. The van der Waals surface area contributed by atoms with Crippen molar-refractivity contribution in [3.8, 4) is 11.1 Å². The van der Waals surface area contributed by atoms with Crippen molar-refractivity contribution in [2.75, 3.05) is 32.0 Å². The summed E-state index contributed by atoms with van der Waals surface area (Å²) in [6.07, 6.45) is 0.889. The molecule has 1 saturated heterocycles. The lowest BCUT2D eigenvalue weighted by Crippen LogP contribution is -2.28. The molecule has 1 heterocycles. The van der Waals surface area contributed by atoms with E-state index in [2.05, 4.69) is 16.7 Å². The van der Waals surface area contributed by atoms with Crippen LogP contribution < -0.4 is 10.6 Å². The van der Waals surface area contributed by atoms with Crippen molar-refractivity contribution in [2.24, 2.45) is 0 Å². The Morgan fingerprint density at radius 3 is 2.34 bits per heavy atom. The van der Waals surface area contributed by atoms with E-state index in [1.807, 2.05) is 80.3 Å². The van der Waals surface area contributed by atoms with Gasteiger partial charge < -0.3 is 15.5 Å². The highest BCUT2D eigenvalue weighted by Crippen LogP contribution is 2.37. The van der Waals surface area contributed by atoms with Gasteiger partial charge >= 0.3 is 11.6 Å². The molecule has 0 spiro atoms. The van der Waals surface area contributed by atoms with Crippen LogP contribution in [0.1, 0.15) is 58.8 Å². The van der Waals surface area contributed by atoms with Crippen LogP contribution in [0.25, 0.3) is 22.3 Å². The second-order valence-corrected chi connectivity index (χ2v) is 11.8. The molecule has 0 radical (unpaired) electrons. The molecule has 5 rings (SSSR count). The van der Waals surface area contributed by atoms with E-state index in [1.165, 1.54) is 12.1 Å². The Morgan fingerprint density at radius 2 is 1.68 bits per heavy atom. The van der Waals surface area contributed by atoms with Gasteiger partial charge in [0.1, 0.15) is 5.82 Å². The van der Waals surface area contributed by atoms with E-state index < -0.39 is 11.6 Å². The third-order valence-corrected chi connectivity index (χ3v) is 8.56. The molecule has 10 heteroatoms. The molecule has 0 aliphatic carbocycles. The summed E-state index contributed by atoms with van der Waals surface area (Å²) < 4.78 is 30.3. The van der Waals surface area contributed by atoms with Gasteiger partial charge in [-0.1, -0.05) is 48.0 Å². The molecular weight excluding hydrogens is 637 g/mol. The number of rotatable bonds is 8. The zero-order chi connectivity index (χ0) is 34.1. The molecule has 2 amide bonds. The summed E-state index contributed by atoms with van der Waals surface area (Å²) in [6.45, 7) is 7.91. The molecule has 1 aliphatic heterocycles. The van der Waals surface area contributed by atoms with Gasteiger partial charge in [-0.2, -0.15) is 8.42 Å². The van der Waals surface area contributed by atoms with Crippen LogP contribution in [0.4, 0.5) is 10.1 Å². The van der Waals surface area contributed by atoms with Crippen LogP contribution in [0.2, 0.25) is 5.02 Å². The van der Waals surface area contributed by atoms with Crippen molar-refractivity contribution in [2.45, 2.75) is 33.1 Å². The first-order valence-electron chi connectivity index (χ1n) is 15.3. The summed E-state index contributed by atoms with van der Waals surface area (Å²) in [4.78, 5) is 28.9. The van der Waals surface area contributed by atoms with Crippen LogP contribution in [0.15, 0.2) is 84.9 Å². The first kappa shape index (κ1) is 35.3. The second kappa shape index (κ2) is 16.3. The Kier molecular flexibility index (Phi) is 12.2. The predicted octanol–water partition coefficient (Wildman–Crippen LogP) is 7.52. The standard InChI is InChI=1S/C37H37ClFN3O2.O2S/c1-5-41-34-18-23(2)32(35(36(43)40-4)24(3)25-12-14-31(39)15-13-25)21-33(34)27-9-6-10-28(19-27)37(44)42-17-16-29(22-42)26-8-7-11-30(38)20-26;1-3-2/h6-15,18-21,29,41H,5,16-17,22H2,1-4H3,(H,40,43);/b35-24-;. The number of carbonyl (C=O) groups excluding carboxylic acids is 2. The zero-order valence-electron chi connectivity index (χ0n) is 26.7. The number of allylic oxidation sites excluding steroid dienone is 1. The van der Waals surface area contributed by atoms with Crippen molar-refractivity contribution in [3.05, 3.63) is 124 Å². The first-order chi connectivity index (χ1) is 22.6. The van der Waals surface area contributed by atoms with E-state index >= 15 is 0 Å². The fraction of sp³-hybridized carbons (Fsp3) is 0.243. The molecule has 47 heavy (non-hydrogen) atoms. The monoisotopic (exact) mass is 673 g/mol. The van der Waals surface area contributed by atoms with Crippen molar-refractivity contribution < 1.29 is 22.4 Å².